The van der Waals surface area contributed by atoms with E-state index < -0.39 is 0 Å². The van der Waals surface area contributed by atoms with Crippen molar-refractivity contribution in [2.45, 2.75) is 33.0 Å². The third-order valence-corrected chi connectivity index (χ3v) is 3.92. The van der Waals surface area contributed by atoms with Crippen LogP contribution >= 0.6 is 0 Å². The Morgan fingerprint density at radius 3 is 3.00 bits per heavy atom. The highest BCUT2D eigenvalue weighted by molar-refractivity contribution is 5.61. The van der Waals surface area contributed by atoms with Crippen molar-refractivity contribution in [3.05, 3.63) is 42.0 Å². The van der Waals surface area contributed by atoms with Crippen LogP contribution in [0.25, 0.3) is 11.4 Å². The number of fused-ring (bicyclic) bond motifs is 1. The summed E-state index contributed by atoms with van der Waals surface area (Å²) in [7, 11) is 0. The zero-order valence-corrected chi connectivity index (χ0v) is 14.1. The molecule has 3 heterocycles. The summed E-state index contributed by atoms with van der Waals surface area (Å²) >= 11 is 0. The summed E-state index contributed by atoms with van der Waals surface area (Å²) < 4.78 is 17.9. The predicted molar refractivity (Wildman–Crippen MR) is 89.1 cm³/mol. The molecule has 130 valence electrons. The molecule has 0 unspecified atom stereocenters. The quantitative estimate of drug-likeness (QED) is 0.735. The highest BCUT2D eigenvalue weighted by Gasteiger charge is 2.16. The summed E-state index contributed by atoms with van der Waals surface area (Å²) in [5, 5.41) is 11.7. The van der Waals surface area contributed by atoms with Crippen molar-refractivity contribution in [2.24, 2.45) is 0 Å². The molecule has 1 aliphatic heterocycles. The van der Waals surface area contributed by atoms with Crippen molar-refractivity contribution >= 4 is 0 Å². The van der Waals surface area contributed by atoms with Gasteiger partial charge in [0.25, 0.3) is 0 Å². The Balaban J connectivity index is 1.36. The molecule has 0 aliphatic carbocycles. The minimum atomic E-state index is 0.222. The fourth-order valence-corrected chi connectivity index (χ4v) is 2.65. The van der Waals surface area contributed by atoms with Crippen LogP contribution in [0.4, 0.5) is 0 Å². The van der Waals surface area contributed by atoms with E-state index in [0.29, 0.717) is 24.0 Å². The number of aryl methyl sites for hydroxylation is 1. The lowest BCUT2D eigenvalue weighted by Gasteiger charge is -2.11. The van der Waals surface area contributed by atoms with Crippen LogP contribution in [0.2, 0.25) is 0 Å². The molecule has 1 N–H and O–H groups in total. The maximum Gasteiger partial charge on any atom is 0.240 e. The predicted octanol–water partition coefficient (Wildman–Crippen LogP) is 2.15. The molecule has 1 atom stereocenters. The molecule has 2 aromatic heterocycles. The number of hydrogen-bond acceptors (Lipinski definition) is 7. The summed E-state index contributed by atoms with van der Waals surface area (Å²) in [6, 6.07) is 5.81. The Bertz CT molecular complexity index is 873. The van der Waals surface area contributed by atoms with E-state index in [1.165, 1.54) is 0 Å². The lowest BCUT2D eigenvalue weighted by molar-refractivity contribution is 0.174. The second-order valence-corrected chi connectivity index (χ2v) is 6.10. The first-order chi connectivity index (χ1) is 12.2. The zero-order valence-electron chi connectivity index (χ0n) is 14.1. The van der Waals surface area contributed by atoms with E-state index in [2.05, 4.69) is 27.5 Å². The van der Waals surface area contributed by atoms with Crippen LogP contribution in [0, 0.1) is 6.92 Å². The average molecular weight is 341 g/mol. The van der Waals surface area contributed by atoms with Gasteiger partial charge >= 0.3 is 0 Å². The van der Waals surface area contributed by atoms with E-state index in [1.54, 1.807) is 0 Å². The first-order valence-electron chi connectivity index (χ1n) is 8.12. The van der Waals surface area contributed by atoms with Crippen molar-refractivity contribution < 1.29 is 14.0 Å². The SMILES string of the molecule is Cc1cnn(C[C@@H](C)NCc2nc(-c3ccc4c(c3)OCO4)no2)c1. The molecule has 0 amide bonds. The van der Waals surface area contributed by atoms with Gasteiger partial charge in [-0.05, 0) is 37.6 Å². The molecule has 8 heteroatoms. The van der Waals surface area contributed by atoms with Crippen molar-refractivity contribution in [2.75, 3.05) is 6.79 Å². The normalized spacial score (nSPS) is 14.0. The van der Waals surface area contributed by atoms with Gasteiger partial charge in [0.1, 0.15) is 0 Å². The lowest BCUT2D eigenvalue weighted by atomic mass is 10.2. The van der Waals surface area contributed by atoms with E-state index in [1.807, 2.05) is 42.2 Å². The molecule has 4 rings (SSSR count). The summed E-state index contributed by atoms with van der Waals surface area (Å²) in [6.07, 6.45) is 3.87. The highest BCUT2D eigenvalue weighted by atomic mass is 16.7. The molecular formula is C17H19N5O3. The minimum Gasteiger partial charge on any atom is -0.454 e. The zero-order chi connectivity index (χ0) is 17.2. The summed E-state index contributed by atoms with van der Waals surface area (Å²) in [4.78, 5) is 4.43. The Morgan fingerprint density at radius 2 is 2.16 bits per heavy atom. The van der Waals surface area contributed by atoms with Gasteiger partial charge in [0.05, 0.1) is 19.3 Å². The van der Waals surface area contributed by atoms with Crippen LogP contribution in [0.3, 0.4) is 0 Å². The second kappa shape index (κ2) is 6.56. The lowest BCUT2D eigenvalue weighted by Crippen LogP contribution is -2.30. The molecule has 0 saturated heterocycles. The van der Waals surface area contributed by atoms with Crippen LogP contribution in [0.15, 0.2) is 35.1 Å². The van der Waals surface area contributed by atoms with Crippen molar-refractivity contribution in [1.82, 2.24) is 25.2 Å². The third kappa shape index (κ3) is 3.48. The smallest absolute Gasteiger partial charge is 0.240 e. The molecular weight excluding hydrogens is 322 g/mol. The van der Waals surface area contributed by atoms with E-state index in [9.17, 15) is 0 Å². The number of nitrogens with zero attached hydrogens (tertiary/aromatic N) is 4. The molecule has 25 heavy (non-hydrogen) atoms. The van der Waals surface area contributed by atoms with Crippen LogP contribution in [0.1, 0.15) is 18.4 Å². The Labute approximate surface area is 144 Å². The Kier molecular flexibility index (Phi) is 4.10. The summed E-state index contributed by atoms with van der Waals surface area (Å²) in [5.41, 5.74) is 1.98. The first kappa shape index (κ1) is 15.6. The molecule has 1 aliphatic rings. The number of nitrogens with one attached hydrogen (secondary N) is 1. The van der Waals surface area contributed by atoms with Crippen LogP contribution < -0.4 is 14.8 Å². The van der Waals surface area contributed by atoms with E-state index in [-0.39, 0.29) is 12.8 Å². The molecule has 1 aromatic carbocycles. The van der Waals surface area contributed by atoms with Gasteiger partial charge in [0.15, 0.2) is 11.5 Å². The molecule has 0 saturated carbocycles. The monoisotopic (exact) mass is 341 g/mol. The number of hydrogen-bond donors (Lipinski definition) is 1. The second-order valence-electron chi connectivity index (χ2n) is 6.10. The van der Waals surface area contributed by atoms with Crippen LogP contribution in [-0.2, 0) is 13.1 Å². The molecule has 0 fully saturated rings. The molecule has 8 nitrogen and oxygen atoms in total. The van der Waals surface area contributed by atoms with E-state index >= 15 is 0 Å². The van der Waals surface area contributed by atoms with Crippen LogP contribution in [-0.4, -0.2) is 32.8 Å². The average Bonchev–Trinajstić information content (AvgIpc) is 3.32. The largest absolute Gasteiger partial charge is 0.454 e. The minimum absolute atomic E-state index is 0.222. The van der Waals surface area contributed by atoms with E-state index in [0.717, 1.165) is 23.4 Å². The summed E-state index contributed by atoms with van der Waals surface area (Å²) in [5.74, 6) is 2.50. The molecule has 3 aromatic rings. The maximum atomic E-state index is 5.38. The molecule has 0 radical (unpaired) electrons. The van der Waals surface area contributed by atoms with E-state index in [4.69, 9.17) is 14.0 Å². The van der Waals surface area contributed by atoms with Gasteiger partial charge in [-0.25, -0.2) is 0 Å². The Morgan fingerprint density at radius 1 is 1.28 bits per heavy atom. The van der Waals surface area contributed by atoms with Gasteiger partial charge in [-0.15, -0.1) is 0 Å². The fourth-order valence-electron chi connectivity index (χ4n) is 2.65. The van der Waals surface area contributed by atoms with Gasteiger partial charge < -0.3 is 19.3 Å². The fraction of sp³-hybridized carbons (Fsp3) is 0.353. The van der Waals surface area contributed by atoms with Crippen molar-refractivity contribution in [1.29, 1.82) is 0 Å². The number of benzene rings is 1. The Hall–Kier alpha value is -2.87. The van der Waals surface area contributed by atoms with Gasteiger partial charge in [0, 0.05) is 17.8 Å². The third-order valence-electron chi connectivity index (χ3n) is 3.92. The van der Waals surface area contributed by atoms with Crippen molar-refractivity contribution in [3.8, 4) is 22.9 Å². The number of rotatable bonds is 6. The number of aromatic nitrogens is 4. The van der Waals surface area contributed by atoms with Gasteiger partial charge in [-0.2, -0.15) is 10.1 Å². The van der Waals surface area contributed by atoms with Gasteiger partial charge in [-0.3, -0.25) is 4.68 Å². The summed E-state index contributed by atoms with van der Waals surface area (Å²) in [6.45, 7) is 5.63. The highest BCUT2D eigenvalue weighted by Crippen LogP contribution is 2.35. The van der Waals surface area contributed by atoms with Gasteiger partial charge in [0.2, 0.25) is 18.5 Å². The van der Waals surface area contributed by atoms with Gasteiger partial charge in [-0.1, -0.05) is 5.16 Å². The molecule has 0 bridgehead atoms. The van der Waals surface area contributed by atoms with Crippen molar-refractivity contribution in [3.63, 3.8) is 0 Å². The molecule has 0 spiro atoms. The standard InChI is InChI=1S/C17H19N5O3/c1-11-6-19-22(8-11)9-12(2)18-7-16-20-17(21-25-16)13-3-4-14-15(5-13)24-10-23-14/h3-6,8,12,18H,7,9-10H2,1-2H3/t12-/m1/s1. The van der Waals surface area contributed by atoms with Crippen LogP contribution in [0.5, 0.6) is 11.5 Å². The topological polar surface area (TPSA) is 87.2 Å². The maximum absolute atomic E-state index is 5.38. The first-order valence-corrected chi connectivity index (χ1v) is 8.12. The number of ether oxygens (including phenoxy) is 2.